The number of non-ortho nitro benzene ring substituents is 1. The first-order chi connectivity index (χ1) is 16.0. The van der Waals surface area contributed by atoms with Crippen molar-refractivity contribution >= 4 is 28.3 Å². The predicted molar refractivity (Wildman–Crippen MR) is 124 cm³/mol. The van der Waals surface area contributed by atoms with Crippen LogP contribution >= 0.6 is 0 Å². The van der Waals surface area contributed by atoms with E-state index in [2.05, 4.69) is 11.9 Å². The largest absolute Gasteiger partial charge is 0.454 e. The number of aryl methyl sites for hydroxylation is 1. The lowest BCUT2D eigenvalue weighted by molar-refractivity contribution is -0.384. The van der Waals surface area contributed by atoms with Crippen LogP contribution in [0.2, 0.25) is 0 Å². The van der Waals surface area contributed by atoms with Gasteiger partial charge in [-0.25, -0.2) is 9.78 Å². The normalized spacial score (nSPS) is 10.7. The second kappa shape index (κ2) is 9.40. The Morgan fingerprint density at radius 3 is 2.45 bits per heavy atom. The molecule has 164 valence electrons. The fraction of sp³-hybridized carbons (Fsp3) is 0.115. The Hall–Kier alpha value is -4.39. The number of Topliss-reactive ketones (excluding diaryl/α,β-unsaturated/α-hetero) is 1. The number of pyridine rings is 1. The van der Waals surface area contributed by atoms with Gasteiger partial charge in [-0.1, -0.05) is 61.5 Å². The van der Waals surface area contributed by atoms with Crippen LogP contribution in [0.1, 0.15) is 33.2 Å². The minimum atomic E-state index is -0.668. The number of benzene rings is 3. The molecule has 0 radical (unpaired) electrons. The molecule has 0 spiro atoms. The van der Waals surface area contributed by atoms with Crippen LogP contribution in [0.3, 0.4) is 0 Å². The molecule has 0 aliphatic rings. The molecule has 0 bridgehead atoms. The number of ketones is 1. The summed E-state index contributed by atoms with van der Waals surface area (Å²) in [5.41, 5.74) is 3.50. The van der Waals surface area contributed by atoms with E-state index < -0.39 is 23.3 Å². The molecule has 0 aliphatic carbocycles. The number of carbonyl (C=O) groups is 2. The van der Waals surface area contributed by atoms with Gasteiger partial charge in [0, 0.05) is 28.6 Å². The number of nitro benzene ring substituents is 1. The Balaban J connectivity index is 1.61. The van der Waals surface area contributed by atoms with Gasteiger partial charge in [-0.2, -0.15) is 0 Å². The van der Waals surface area contributed by atoms with E-state index in [-0.39, 0.29) is 11.3 Å². The fourth-order valence-electron chi connectivity index (χ4n) is 3.49. The zero-order valence-corrected chi connectivity index (χ0v) is 17.9. The molecule has 7 nitrogen and oxygen atoms in total. The van der Waals surface area contributed by atoms with Crippen LogP contribution in [-0.2, 0) is 11.2 Å². The maximum Gasteiger partial charge on any atom is 0.339 e. The van der Waals surface area contributed by atoms with Crippen LogP contribution in [0, 0.1) is 10.1 Å². The number of esters is 1. The zero-order valence-electron chi connectivity index (χ0n) is 17.9. The second-order valence-electron chi connectivity index (χ2n) is 7.43. The van der Waals surface area contributed by atoms with Gasteiger partial charge in [0.25, 0.3) is 5.69 Å². The highest BCUT2D eigenvalue weighted by Gasteiger charge is 2.18. The van der Waals surface area contributed by atoms with E-state index in [9.17, 15) is 19.7 Å². The van der Waals surface area contributed by atoms with Crippen molar-refractivity contribution < 1.29 is 19.2 Å². The average molecular weight is 440 g/mol. The van der Waals surface area contributed by atoms with Crippen molar-refractivity contribution in [1.82, 2.24) is 4.98 Å². The van der Waals surface area contributed by atoms with Crippen LogP contribution in [-0.4, -0.2) is 28.3 Å². The quantitative estimate of drug-likeness (QED) is 0.165. The number of rotatable bonds is 7. The predicted octanol–water partition coefficient (Wildman–Crippen LogP) is 5.41. The Kier molecular flexibility index (Phi) is 6.22. The van der Waals surface area contributed by atoms with Crippen molar-refractivity contribution in [3.8, 4) is 11.3 Å². The number of ether oxygens (including phenoxy) is 1. The van der Waals surface area contributed by atoms with Gasteiger partial charge < -0.3 is 4.74 Å². The van der Waals surface area contributed by atoms with Gasteiger partial charge in [0.15, 0.2) is 6.61 Å². The van der Waals surface area contributed by atoms with E-state index in [1.165, 1.54) is 23.8 Å². The van der Waals surface area contributed by atoms with E-state index in [1.807, 2.05) is 36.4 Å². The standard InChI is InChI=1S/C26H20N2O5/c1-2-17-10-12-18(13-11-17)24-15-22(21-8-3-4-9-23(21)27-24)26(30)33-16-25(29)19-6-5-7-20(14-19)28(31)32/h3-15H,2,16H2,1H3. The summed E-state index contributed by atoms with van der Waals surface area (Å²) in [4.78, 5) is 40.4. The average Bonchev–Trinajstić information content (AvgIpc) is 2.86. The van der Waals surface area contributed by atoms with Gasteiger partial charge in [0.2, 0.25) is 5.78 Å². The maximum absolute atomic E-state index is 12.9. The Labute approximate surface area is 189 Å². The van der Waals surface area contributed by atoms with Gasteiger partial charge in [-0.3, -0.25) is 14.9 Å². The molecule has 0 N–H and O–H groups in total. The summed E-state index contributed by atoms with van der Waals surface area (Å²) in [7, 11) is 0. The molecule has 0 unspecified atom stereocenters. The summed E-state index contributed by atoms with van der Waals surface area (Å²) in [6.07, 6.45) is 0.918. The molecule has 33 heavy (non-hydrogen) atoms. The third-order valence-electron chi connectivity index (χ3n) is 5.31. The van der Waals surface area contributed by atoms with Gasteiger partial charge in [0.1, 0.15) is 0 Å². The molecule has 0 saturated heterocycles. The number of nitrogens with zero attached hydrogens (tertiary/aromatic N) is 2. The lowest BCUT2D eigenvalue weighted by Gasteiger charge is -2.10. The smallest absolute Gasteiger partial charge is 0.339 e. The molecule has 0 amide bonds. The summed E-state index contributed by atoms with van der Waals surface area (Å²) >= 11 is 0. The lowest BCUT2D eigenvalue weighted by atomic mass is 10.0. The summed E-state index contributed by atoms with van der Waals surface area (Å²) in [5.74, 6) is -1.19. The van der Waals surface area contributed by atoms with E-state index in [1.54, 1.807) is 18.2 Å². The van der Waals surface area contributed by atoms with Crippen molar-refractivity contribution in [1.29, 1.82) is 0 Å². The number of nitro groups is 1. The van der Waals surface area contributed by atoms with Crippen LogP contribution < -0.4 is 0 Å². The summed E-state index contributed by atoms with van der Waals surface area (Å²) in [5, 5.41) is 11.5. The van der Waals surface area contributed by atoms with Gasteiger partial charge >= 0.3 is 5.97 Å². The zero-order chi connectivity index (χ0) is 23.4. The molecular formula is C26H20N2O5. The SMILES string of the molecule is CCc1ccc(-c2cc(C(=O)OCC(=O)c3cccc([N+](=O)[O-])c3)c3ccccc3n2)cc1. The van der Waals surface area contributed by atoms with E-state index >= 15 is 0 Å². The molecule has 7 heteroatoms. The minimum absolute atomic E-state index is 0.105. The first-order valence-electron chi connectivity index (χ1n) is 10.4. The number of fused-ring (bicyclic) bond motifs is 1. The topological polar surface area (TPSA) is 99.4 Å². The van der Waals surface area contributed by atoms with Crippen LogP contribution in [0.15, 0.2) is 78.9 Å². The molecule has 1 heterocycles. The van der Waals surface area contributed by atoms with Crippen LogP contribution in [0.25, 0.3) is 22.2 Å². The Morgan fingerprint density at radius 2 is 1.73 bits per heavy atom. The molecule has 4 rings (SSSR count). The number of carbonyl (C=O) groups excluding carboxylic acids is 2. The molecule has 0 aliphatic heterocycles. The Morgan fingerprint density at radius 1 is 0.970 bits per heavy atom. The third-order valence-corrected chi connectivity index (χ3v) is 5.31. The molecule has 3 aromatic carbocycles. The van der Waals surface area contributed by atoms with E-state index in [0.717, 1.165) is 18.1 Å². The third kappa shape index (κ3) is 4.77. The highest BCUT2D eigenvalue weighted by Crippen LogP contribution is 2.26. The van der Waals surface area contributed by atoms with Crippen LogP contribution in [0.5, 0.6) is 0 Å². The van der Waals surface area contributed by atoms with Crippen LogP contribution in [0.4, 0.5) is 5.69 Å². The summed E-state index contributed by atoms with van der Waals surface area (Å²) in [6.45, 7) is 1.55. The molecule has 4 aromatic rings. The summed E-state index contributed by atoms with van der Waals surface area (Å²) in [6, 6.07) is 22.1. The van der Waals surface area contributed by atoms with Gasteiger partial charge in [0.05, 0.1) is 21.7 Å². The molecule has 0 saturated carbocycles. The summed E-state index contributed by atoms with van der Waals surface area (Å²) < 4.78 is 5.29. The van der Waals surface area contributed by atoms with Gasteiger partial charge in [-0.15, -0.1) is 0 Å². The first kappa shape index (κ1) is 21.8. The minimum Gasteiger partial charge on any atom is -0.454 e. The first-order valence-corrected chi connectivity index (χ1v) is 10.4. The molecule has 0 fully saturated rings. The Bertz CT molecular complexity index is 1360. The number of para-hydroxylation sites is 1. The molecule has 0 atom stereocenters. The number of hydrogen-bond acceptors (Lipinski definition) is 6. The highest BCUT2D eigenvalue weighted by atomic mass is 16.6. The van der Waals surface area contributed by atoms with E-state index in [4.69, 9.17) is 4.74 Å². The van der Waals surface area contributed by atoms with Crippen molar-refractivity contribution in [2.75, 3.05) is 6.61 Å². The van der Waals surface area contributed by atoms with Crippen molar-refractivity contribution in [2.24, 2.45) is 0 Å². The molecule has 1 aromatic heterocycles. The van der Waals surface area contributed by atoms with Gasteiger partial charge in [-0.05, 0) is 24.1 Å². The number of aromatic nitrogens is 1. The lowest BCUT2D eigenvalue weighted by Crippen LogP contribution is -2.15. The monoisotopic (exact) mass is 440 g/mol. The highest BCUT2D eigenvalue weighted by molar-refractivity contribution is 6.06. The van der Waals surface area contributed by atoms with Crippen molar-refractivity contribution in [2.45, 2.75) is 13.3 Å². The number of hydrogen-bond donors (Lipinski definition) is 0. The second-order valence-corrected chi connectivity index (χ2v) is 7.43. The maximum atomic E-state index is 12.9. The van der Waals surface area contributed by atoms with Crippen molar-refractivity contribution in [3.63, 3.8) is 0 Å². The molecular weight excluding hydrogens is 420 g/mol. The van der Waals surface area contributed by atoms with Crippen molar-refractivity contribution in [3.05, 3.63) is 106 Å². The fourth-order valence-corrected chi connectivity index (χ4v) is 3.49. The van der Waals surface area contributed by atoms with E-state index in [0.29, 0.717) is 22.2 Å².